The number of rotatable bonds is 15. The fourth-order valence-electron chi connectivity index (χ4n) is 3.42. The van der Waals surface area contributed by atoms with Gasteiger partial charge in [-0.1, -0.05) is 43.0 Å². The van der Waals surface area contributed by atoms with Gasteiger partial charge in [-0.15, -0.1) is 0 Å². The molecule has 3 aromatic carbocycles. The second-order valence-corrected chi connectivity index (χ2v) is 9.66. The first-order valence-corrected chi connectivity index (χ1v) is 13.0. The topological polar surface area (TPSA) is 97.3 Å². The number of benzene rings is 3. The first-order valence-electron chi connectivity index (χ1n) is 11.5. The monoisotopic (exact) mass is 512 g/mol. The maximum Gasteiger partial charge on any atom is 0.264 e. The molecule has 0 saturated carbocycles. The van der Waals surface area contributed by atoms with E-state index >= 15 is 0 Å². The Balaban J connectivity index is 1.74. The van der Waals surface area contributed by atoms with Gasteiger partial charge < -0.3 is 24.6 Å². The number of hydrogen-bond acceptors (Lipinski definition) is 7. The third-order valence-corrected chi connectivity index (χ3v) is 6.98. The number of nitrogens with zero attached hydrogens (tertiary/aromatic N) is 1. The van der Waals surface area contributed by atoms with Gasteiger partial charge in [-0.2, -0.15) is 0 Å². The molecular weight excluding hydrogens is 480 g/mol. The van der Waals surface area contributed by atoms with Crippen molar-refractivity contribution >= 4 is 15.7 Å². The van der Waals surface area contributed by atoms with Gasteiger partial charge in [0.2, 0.25) is 0 Å². The lowest BCUT2D eigenvalue weighted by atomic mass is 10.2. The summed E-state index contributed by atoms with van der Waals surface area (Å²) in [6.07, 6.45) is 0.581. The summed E-state index contributed by atoms with van der Waals surface area (Å²) in [5.74, 6) is 1.66. The minimum atomic E-state index is -4.03. The van der Waals surface area contributed by atoms with Crippen LogP contribution in [-0.4, -0.2) is 59.6 Å². The van der Waals surface area contributed by atoms with E-state index in [1.54, 1.807) is 42.5 Å². The second kappa shape index (κ2) is 13.5. The van der Waals surface area contributed by atoms with Crippen LogP contribution in [0.2, 0.25) is 0 Å². The summed E-state index contributed by atoms with van der Waals surface area (Å²) in [6.45, 7) is 4.73. The minimum Gasteiger partial charge on any atom is -0.497 e. The van der Waals surface area contributed by atoms with Crippen LogP contribution in [-0.2, 0) is 10.0 Å². The van der Waals surface area contributed by atoms with E-state index in [2.05, 4.69) is 11.9 Å². The molecule has 0 spiro atoms. The van der Waals surface area contributed by atoms with E-state index in [-0.39, 0.29) is 24.6 Å². The zero-order valence-corrected chi connectivity index (χ0v) is 21.1. The molecule has 0 aromatic heterocycles. The van der Waals surface area contributed by atoms with E-state index < -0.39 is 16.1 Å². The Labute approximate surface area is 212 Å². The van der Waals surface area contributed by atoms with Crippen LogP contribution in [0.3, 0.4) is 0 Å². The molecule has 0 fully saturated rings. The number of sulfonamides is 1. The van der Waals surface area contributed by atoms with Crippen LogP contribution in [0.5, 0.6) is 17.2 Å². The van der Waals surface area contributed by atoms with Gasteiger partial charge in [0.1, 0.15) is 30.5 Å². The molecule has 2 N–H and O–H groups in total. The van der Waals surface area contributed by atoms with Gasteiger partial charge in [0.15, 0.2) is 0 Å². The number of aliphatic hydroxyl groups is 1. The Hall–Kier alpha value is -3.53. The summed E-state index contributed by atoms with van der Waals surface area (Å²) in [5.41, 5.74) is 0.321. The average molecular weight is 513 g/mol. The van der Waals surface area contributed by atoms with Crippen LogP contribution in [0.25, 0.3) is 0 Å². The highest BCUT2D eigenvalue weighted by molar-refractivity contribution is 7.92. The lowest BCUT2D eigenvalue weighted by molar-refractivity contribution is 0.177. The zero-order chi connectivity index (χ0) is 25.8. The van der Waals surface area contributed by atoms with Crippen LogP contribution in [0.1, 0.15) is 0 Å². The van der Waals surface area contributed by atoms with Gasteiger partial charge in [-0.25, -0.2) is 8.42 Å². The van der Waals surface area contributed by atoms with E-state index in [4.69, 9.17) is 14.2 Å². The molecule has 0 aliphatic heterocycles. The molecule has 1 unspecified atom stereocenters. The smallest absolute Gasteiger partial charge is 0.264 e. The third kappa shape index (κ3) is 7.48. The van der Waals surface area contributed by atoms with Crippen LogP contribution >= 0.6 is 0 Å². The number of ether oxygens (including phenoxy) is 3. The molecular formula is C27H32N2O6S. The lowest BCUT2D eigenvalue weighted by Gasteiger charge is -2.28. The Bertz CT molecular complexity index is 1190. The van der Waals surface area contributed by atoms with Gasteiger partial charge in [0.25, 0.3) is 10.0 Å². The van der Waals surface area contributed by atoms with Gasteiger partial charge in [-0.3, -0.25) is 4.31 Å². The highest BCUT2D eigenvalue weighted by Gasteiger charge is 2.29. The van der Waals surface area contributed by atoms with Crippen LogP contribution < -0.4 is 23.8 Å². The molecule has 9 heteroatoms. The molecule has 0 bridgehead atoms. The SMILES string of the molecule is C=CCOc1ccccc1N(CC(O)CNCCOc1ccccc1)S(=O)(=O)c1ccc(OC)cc1. The molecule has 0 aliphatic rings. The second-order valence-electron chi connectivity index (χ2n) is 7.80. The third-order valence-electron chi connectivity index (χ3n) is 5.19. The maximum absolute atomic E-state index is 13.7. The number of anilines is 1. The maximum atomic E-state index is 13.7. The van der Waals surface area contributed by atoms with Crippen molar-refractivity contribution in [2.75, 3.05) is 44.3 Å². The van der Waals surface area contributed by atoms with Crippen LogP contribution in [0.4, 0.5) is 5.69 Å². The fraction of sp³-hybridized carbons (Fsp3) is 0.259. The van der Waals surface area contributed by atoms with Gasteiger partial charge in [-0.05, 0) is 48.5 Å². The van der Waals surface area contributed by atoms with Crippen LogP contribution in [0, 0.1) is 0 Å². The predicted molar refractivity (Wildman–Crippen MR) is 140 cm³/mol. The minimum absolute atomic E-state index is 0.0678. The Kier molecular flexibility index (Phi) is 10.2. The molecule has 3 rings (SSSR count). The average Bonchev–Trinajstić information content (AvgIpc) is 2.91. The summed E-state index contributed by atoms with van der Waals surface area (Å²) in [7, 11) is -2.52. The number of aliphatic hydroxyl groups excluding tert-OH is 1. The molecule has 0 heterocycles. The molecule has 3 aromatic rings. The normalized spacial score (nSPS) is 11.9. The number of hydrogen-bond donors (Lipinski definition) is 2. The van der Waals surface area contributed by atoms with Gasteiger partial charge >= 0.3 is 0 Å². The van der Waals surface area contributed by atoms with Crippen molar-refractivity contribution in [3.8, 4) is 17.2 Å². The van der Waals surface area contributed by atoms with E-state index in [1.807, 2.05) is 30.3 Å². The summed E-state index contributed by atoms with van der Waals surface area (Å²) >= 11 is 0. The molecule has 0 aliphatic carbocycles. The highest BCUT2D eigenvalue weighted by atomic mass is 32.2. The largest absolute Gasteiger partial charge is 0.497 e. The van der Waals surface area contributed by atoms with E-state index in [0.717, 1.165) is 5.75 Å². The summed E-state index contributed by atoms with van der Waals surface area (Å²) in [4.78, 5) is 0.0678. The molecule has 1 atom stereocenters. The van der Waals surface area contributed by atoms with Crippen molar-refractivity contribution in [3.63, 3.8) is 0 Å². The Morgan fingerprint density at radius 2 is 1.67 bits per heavy atom. The van der Waals surface area contributed by atoms with Crippen molar-refractivity contribution in [1.29, 1.82) is 0 Å². The van der Waals surface area contributed by atoms with Crippen molar-refractivity contribution in [3.05, 3.63) is 91.5 Å². The molecule has 0 amide bonds. The standard InChI is InChI=1S/C27H32N2O6S/c1-3-18-35-27-12-8-7-11-26(27)29(36(31,32)25-15-13-23(33-2)14-16-25)21-22(30)20-28-17-19-34-24-9-5-4-6-10-24/h3-16,22,28,30H,1,17-21H2,2H3. The molecule has 36 heavy (non-hydrogen) atoms. The van der Waals surface area contributed by atoms with Gasteiger partial charge in [0, 0.05) is 13.1 Å². The van der Waals surface area contributed by atoms with E-state index in [0.29, 0.717) is 30.3 Å². The number of nitrogens with one attached hydrogen (secondary N) is 1. The van der Waals surface area contributed by atoms with Gasteiger partial charge in [0.05, 0.1) is 30.3 Å². The van der Waals surface area contributed by atoms with E-state index in [1.165, 1.54) is 23.5 Å². The van der Waals surface area contributed by atoms with Crippen molar-refractivity contribution < 1.29 is 27.7 Å². The quantitative estimate of drug-likeness (QED) is 0.238. The molecule has 0 saturated heterocycles. The number of methoxy groups -OCH3 is 1. The summed E-state index contributed by atoms with van der Waals surface area (Å²) < 4.78 is 45.0. The summed E-state index contributed by atoms with van der Waals surface area (Å²) in [6, 6.07) is 22.3. The zero-order valence-electron chi connectivity index (χ0n) is 20.2. The highest BCUT2D eigenvalue weighted by Crippen LogP contribution is 2.33. The Morgan fingerprint density at radius 1 is 0.972 bits per heavy atom. The van der Waals surface area contributed by atoms with E-state index in [9.17, 15) is 13.5 Å². The first-order chi connectivity index (χ1) is 17.5. The van der Waals surface area contributed by atoms with Crippen molar-refractivity contribution in [2.24, 2.45) is 0 Å². The van der Waals surface area contributed by atoms with Crippen molar-refractivity contribution in [2.45, 2.75) is 11.0 Å². The lowest BCUT2D eigenvalue weighted by Crippen LogP contribution is -2.42. The number of para-hydroxylation sites is 3. The first kappa shape index (κ1) is 27.1. The Morgan fingerprint density at radius 3 is 2.36 bits per heavy atom. The van der Waals surface area contributed by atoms with Crippen molar-refractivity contribution in [1.82, 2.24) is 5.32 Å². The summed E-state index contributed by atoms with van der Waals surface area (Å²) in [5, 5.41) is 13.9. The fourth-order valence-corrected chi connectivity index (χ4v) is 4.93. The van der Waals surface area contributed by atoms with Crippen LogP contribution in [0.15, 0.2) is 96.4 Å². The molecule has 192 valence electrons. The predicted octanol–water partition coefficient (Wildman–Crippen LogP) is 3.48. The molecule has 8 nitrogen and oxygen atoms in total. The molecule has 0 radical (unpaired) electrons.